The summed E-state index contributed by atoms with van der Waals surface area (Å²) in [6, 6.07) is 3.96. The van der Waals surface area contributed by atoms with Crippen molar-refractivity contribution in [2.24, 2.45) is 0 Å². The van der Waals surface area contributed by atoms with Gasteiger partial charge in [0.05, 0.1) is 5.39 Å². The second kappa shape index (κ2) is 4.79. The third kappa shape index (κ3) is 2.00. The molecule has 3 heterocycles. The molecule has 20 heavy (non-hydrogen) atoms. The Morgan fingerprint density at radius 2 is 2.00 bits per heavy atom. The van der Waals surface area contributed by atoms with E-state index in [0.717, 1.165) is 34.4 Å². The molecule has 0 aliphatic heterocycles. The van der Waals surface area contributed by atoms with Crippen LogP contribution >= 0.6 is 22.9 Å². The van der Waals surface area contributed by atoms with Crippen LogP contribution in [-0.2, 0) is 19.3 Å². The first-order valence-electron chi connectivity index (χ1n) is 6.67. The Kier molecular flexibility index (Phi) is 2.93. The van der Waals surface area contributed by atoms with Crippen LogP contribution in [0.2, 0.25) is 5.15 Å². The maximum absolute atomic E-state index is 6.40. The molecular formula is C15H12ClN3S. The van der Waals surface area contributed by atoms with Crippen molar-refractivity contribution in [2.75, 3.05) is 0 Å². The average Bonchev–Trinajstić information content (AvgIpc) is 2.99. The number of hydrogen-bond acceptors (Lipinski definition) is 4. The lowest BCUT2D eigenvalue weighted by Crippen LogP contribution is -1.97. The topological polar surface area (TPSA) is 38.7 Å². The molecule has 0 aromatic carbocycles. The zero-order valence-electron chi connectivity index (χ0n) is 10.8. The standard InChI is InChI=1S/C15H12ClN3S/c16-14-13-10-2-1-3-11(10)20-15(13)19-12(18-14)8-9-4-6-17-7-5-9/h4-7H,1-3,8H2. The van der Waals surface area contributed by atoms with E-state index in [1.54, 1.807) is 23.7 Å². The lowest BCUT2D eigenvalue weighted by Gasteiger charge is -2.03. The fourth-order valence-electron chi connectivity index (χ4n) is 2.76. The Balaban J connectivity index is 1.79. The Bertz CT molecular complexity index is 783. The molecule has 100 valence electrons. The van der Waals surface area contributed by atoms with Crippen LogP contribution in [0.15, 0.2) is 24.5 Å². The summed E-state index contributed by atoms with van der Waals surface area (Å²) in [5, 5.41) is 1.70. The Hall–Kier alpha value is -1.52. The number of halogens is 1. The van der Waals surface area contributed by atoms with Gasteiger partial charge in [0.1, 0.15) is 15.8 Å². The summed E-state index contributed by atoms with van der Waals surface area (Å²) < 4.78 is 0. The highest BCUT2D eigenvalue weighted by atomic mass is 35.5. The van der Waals surface area contributed by atoms with E-state index in [4.69, 9.17) is 16.6 Å². The van der Waals surface area contributed by atoms with E-state index in [0.29, 0.717) is 11.6 Å². The Morgan fingerprint density at radius 1 is 1.15 bits per heavy atom. The molecule has 0 atom stereocenters. The molecule has 0 spiro atoms. The van der Waals surface area contributed by atoms with Crippen molar-refractivity contribution in [3.63, 3.8) is 0 Å². The molecule has 1 aliphatic carbocycles. The highest BCUT2D eigenvalue weighted by molar-refractivity contribution is 7.19. The van der Waals surface area contributed by atoms with Crippen molar-refractivity contribution in [1.82, 2.24) is 15.0 Å². The van der Waals surface area contributed by atoms with Gasteiger partial charge in [0.2, 0.25) is 0 Å². The molecule has 5 heteroatoms. The van der Waals surface area contributed by atoms with E-state index in [9.17, 15) is 0 Å². The Labute approximate surface area is 125 Å². The smallest absolute Gasteiger partial charge is 0.141 e. The van der Waals surface area contributed by atoms with Crippen molar-refractivity contribution in [2.45, 2.75) is 25.7 Å². The fourth-order valence-corrected chi connectivity index (χ4v) is 4.39. The predicted octanol–water partition coefficient (Wildman–Crippen LogP) is 3.82. The van der Waals surface area contributed by atoms with Crippen LogP contribution in [0.5, 0.6) is 0 Å². The minimum Gasteiger partial charge on any atom is -0.265 e. The van der Waals surface area contributed by atoms with Crippen LogP contribution in [0.4, 0.5) is 0 Å². The second-order valence-electron chi connectivity index (χ2n) is 5.00. The van der Waals surface area contributed by atoms with E-state index in [-0.39, 0.29) is 0 Å². The van der Waals surface area contributed by atoms with Gasteiger partial charge in [-0.25, -0.2) is 9.97 Å². The molecule has 3 aromatic rings. The van der Waals surface area contributed by atoms with Crippen molar-refractivity contribution < 1.29 is 0 Å². The van der Waals surface area contributed by atoms with Gasteiger partial charge in [-0.3, -0.25) is 4.98 Å². The summed E-state index contributed by atoms with van der Waals surface area (Å²) >= 11 is 8.17. The highest BCUT2D eigenvalue weighted by Crippen LogP contribution is 2.39. The second-order valence-corrected chi connectivity index (χ2v) is 6.44. The monoisotopic (exact) mass is 301 g/mol. The summed E-state index contributed by atoms with van der Waals surface area (Å²) in [6.07, 6.45) is 7.77. The molecular weight excluding hydrogens is 290 g/mol. The predicted molar refractivity (Wildman–Crippen MR) is 81.5 cm³/mol. The molecule has 3 aromatic heterocycles. The molecule has 0 bridgehead atoms. The van der Waals surface area contributed by atoms with Crippen molar-refractivity contribution >= 4 is 33.2 Å². The van der Waals surface area contributed by atoms with E-state index >= 15 is 0 Å². The van der Waals surface area contributed by atoms with Crippen LogP contribution in [-0.4, -0.2) is 15.0 Å². The molecule has 0 radical (unpaired) electrons. The lowest BCUT2D eigenvalue weighted by atomic mass is 10.2. The number of nitrogens with zero attached hydrogens (tertiary/aromatic N) is 3. The quantitative estimate of drug-likeness (QED) is 0.675. The third-order valence-electron chi connectivity index (χ3n) is 3.68. The summed E-state index contributed by atoms with van der Waals surface area (Å²) in [4.78, 5) is 15.7. The summed E-state index contributed by atoms with van der Waals surface area (Å²) in [6.45, 7) is 0. The van der Waals surface area contributed by atoms with Gasteiger partial charge in [0.15, 0.2) is 0 Å². The molecule has 0 amide bonds. The number of hydrogen-bond donors (Lipinski definition) is 0. The molecule has 0 saturated heterocycles. The largest absolute Gasteiger partial charge is 0.265 e. The minimum atomic E-state index is 0.610. The van der Waals surface area contributed by atoms with Gasteiger partial charge in [-0.2, -0.15) is 0 Å². The van der Waals surface area contributed by atoms with Crippen molar-refractivity contribution in [3.8, 4) is 0 Å². The molecule has 0 N–H and O–H groups in total. The first kappa shape index (κ1) is 12.2. The van der Waals surface area contributed by atoms with E-state index < -0.39 is 0 Å². The maximum Gasteiger partial charge on any atom is 0.141 e. The Morgan fingerprint density at radius 3 is 2.85 bits per heavy atom. The van der Waals surface area contributed by atoms with E-state index in [1.165, 1.54) is 16.9 Å². The highest BCUT2D eigenvalue weighted by Gasteiger charge is 2.21. The summed E-state index contributed by atoms with van der Waals surface area (Å²) in [7, 11) is 0. The average molecular weight is 302 g/mol. The van der Waals surface area contributed by atoms with Gasteiger partial charge in [0, 0.05) is 23.7 Å². The number of aromatic nitrogens is 3. The van der Waals surface area contributed by atoms with Crippen LogP contribution in [0.1, 0.15) is 28.2 Å². The van der Waals surface area contributed by atoms with Gasteiger partial charge >= 0.3 is 0 Å². The molecule has 3 nitrogen and oxygen atoms in total. The number of aryl methyl sites for hydroxylation is 2. The first-order chi connectivity index (χ1) is 9.81. The van der Waals surface area contributed by atoms with Gasteiger partial charge in [-0.05, 0) is 42.5 Å². The first-order valence-corrected chi connectivity index (χ1v) is 7.86. The van der Waals surface area contributed by atoms with Gasteiger partial charge in [0.25, 0.3) is 0 Å². The molecule has 0 fully saturated rings. The third-order valence-corrected chi connectivity index (χ3v) is 5.14. The molecule has 0 unspecified atom stereocenters. The number of rotatable bonds is 2. The zero-order valence-corrected chi connectivity index (χ0v) is 12.3. The van der Waals surface area contributed by atoms with Crippen LogP contribution < -0.4 is 0 Å². The summed E-state index contributed by atoms with van der Waals surface area (Å²) in [5.74, 6) is 0.786. The van der Waals surface area contributed by atoms with Crippen LogP contribution in [0, 0.1) is 0 Å². The SMILES string of the molecule is Clc1nc(Cc2ccncc2)nc2sc3c(c12)CCC3. The number of fused-ring (bicyclic) bond motifs is 3. The minimum absolute atomic E-state index is 0.610. The number of thiophene rings is 1. The van der Waals surface area contributed by atoms with Crippen molar-refractivity contribution in [3.05, 3.63) is 51.5 Å². The van der Waals surface area contributed by atoms with Gasteiger partial charge < -0.3 is 0 Å². The molecule has 0 saturated carbocycles. The zero-order chi connectivity index (χ0) is 13.5. The normalized spacial score (nSPS) is 13.8. The van der Waals surface area contributed by atoms with Crippen molar-refractivity contribution in [1.29, 1.82) is 0 Å². The maximum atomic E-state index is 6.40. The molecule has 1 aliphatic rings. The van der Waals surface area contributed by atoms with E-state index in [2.05, 4.69) is 9.97 Å². The van der Waals surface area contributed by atoms with Crippen LogP contribution in [0.25, 0.3) is 10.2 Å². The van der Waals surface area contributed by atoms with Crippen LogP contribution in [0.3, 0.4) is 0 Å². The van der Waals surface area contributed by atoms with Gasteiger partial charge in [-0.1, -0.05) is 11.6 Å². The lowest BCUT2D eigenvalue weighted by molar-refractivity contribution is 0.916. The molecule has 4 rings (SSSR count). The fraction of sp³-hybridized carbons (Fsp3) is 0.267. The number of pyridine rings is 1. The van der Waals surface area contributed by atoms with Gasteiger partial charge in [-0.15, -0.1) is 11.3 Å². The summed E-state index contributed by atoms with van der Waals surface area (Å²) in [5.41, 5.74) is 2.53. The van der Waals surface area contributed by atoms with E-state index in [1.807, 2.05) is 12.1 Å².